The van der Waals surface area contributed by atoms with Crippen LogP contribution in [0.15, 0.2) is 42.5 Å². The molecule has 0 heterocycles. The summed E-state index contributed by atoms with van der Waals surface area (Å²) in [4.78, 5) is 0. The molecule has 0 aliphatic heterocycles. The van der Waals surface area contributed by atoms with E-state index in [9.17, 15) is 4.39 Å². The second-order valence-corrected chi connectivity index (χ2v) is 4.45. The molecule has 0 radical (unpaired) electrons. The van der Waals surface area contributed by atoms with Crippen LogP contribution >= 0.6 is 0 Å². The summed E-state index contributed by atoms with van der Waals surface area (Å²) in [5, 5.41) is 3.33. The van der Waals surface area contributed by atoms with Crippen molar-refractivity contribution in [1.82, 2.24) is 5.32 Å². The molecule has 2 aromatic rings. The van der Waals surface area contributed by atoms with Crippen molar-refractivity contribution >= 4 is 0 Å². The monoisotopic (exact) mass is 243 g/mol. The van der Waals surface area contributed by atoms with Gasteiger partial charge in [-0.25, -0.2) is 4.39 Å². The molecule has 0 atom stereocenters. The Bertz CT molecular complexity index is 517. The quantitative estimate of drug-likeness (QED) is 0.858. The Morgan fingerprint density at radius 1 is 1.06 bits per heavy atom. The molecule has 1 N–H and O–H groups in total. The molecule has 0 saturated heterocycles. The molecule has 1 nitrogen and oxygen atoms in total. The number of nitrogens with one attached hydrogen (secondary N) is 1. The van der Waals surface area contributed by atoms with Gasteiger partial charge in [0.25, 0.3) is 0 Å². The van der Waals surface area contributed by atoms with Crippen LogP contribution in [0.2, 0.25) is 0 Å². The van der Waals surface area contributed by atoms with Gasteiger partial charge >= 0.3 is 0 Å². The van der Waals surface area contributed by atoms with Crippen LogP contribution in [-0.4, -0.2) is 6.54 Å². The lowest BCUT2D eigenvalue weighted by Gasteiger charge is -2.11. The minimum atomic E-state index is -0.195. The molecule has 0 aliphatic carbocycles. The normalized spacial score (nSPS) is 10.6. The Morgan fingerprint density at radius 2 is 1.78 bits per heavy atom. The van der Waals surface area contributed by atoms with Gasteiger partial charge in [-0.2, -0.15) is 0 Å². The van der Waals surface area contributed by atoms with Crippen molar-refractivity contribution in [2.45, 2.75) is 20.4 Å². The molecule has 0 bridgehead atoms. The molecule has 94 valence electrons. The van der Waals surface area contributed by atoms with E-state index in [2.05, 4.69) is 37.4 Å². The zero-order valence-electron chi connectivity index (χ0n) is 10.8. The summed E-state index contributed by atoms with van der Waals surface area (Å²) in [6.07, 6.45) is 0. The lowest BCUT2D eigenvalue weighted by atomic mass is 9.97. The van der Waals surface area contributed by atoms with E-state index in [0.717, 1.165) is 18.7 Å². The largest absolute Gasteiger partial charge is 0.313 e. The summed E-state index contributed by atoms with van der Waals surface area (Å²) >= 11 is 0. The molecule has 0 amide bonds. The molecular weight excluding hydrogens is 225 g/mol. The van der Waals surface area contributed by atoms with Crippen LogP contribution in [0.4, 0.5) is 4.39 Å². The molecule has 0 aromatic heterocycles. The van der Waals surface area contributed by atoms with Crippen LogP contribution in [0, 0.1) is 12.7 Å². The van der Waals surface area contributed by atoms with Crippen molar-refractivity contribution in [1.29, 1.82) is 0 Å². The van der Waals surface area contributed by atoms with Crippen molar-refractivity contribution in [3.8, 4) is 11.1 Å². The average molecular weight is 243 g/mol. The number of rotatable bonds is 4. The molecule has 0 fully saturated rings. The van der Waals surface area contributed by atoms with Crippen LogP contribution < -0.4 is 5.32 Å². The molecule has 0 aliphatic rings. The summed E-state index contributed by atoms with van der Waals surface area (Å²) in [7, 11) is 0. The van der Waals surface area contributed by atoms with Crippen LogP contribution in [0.5, 0.6) is 0 Å². The van der Waals surface area contributed by atoms with Gasteiger partial charge in [0, 0.05) is 6.54 Å². The third-order valence-electron chi connectivity index (χ3n) is 2.99. The number of benzene rings is 2. The lowest BCUT2D eigenvalue weighted by molar-refractivity contribution is 0.628. The molecule has 2 heteroatoms. The Labute approximate surface area is 108 Å². The first-order chi connectivity index (χ1) is 8.70. The molecular formula is C16H18FN. The third-order valence-corrected chi connectivity index (χ3v) is 2.99. The number of aryl methyl sites for hydroxylation is 1. The van der Waals surface area contributed by atoms with Crippen molar-refractivity contribution in [3.63, 3.8) is 0 Å². The second kappa shape index (κ2) is 5.78. The van der Waals surface area contributed by atoms with Gasteiger partial charge < -0.3 is 5.32 Å². The fourth-order valence-electron chi connectivity index (χ4n) is 2.00. The van der Waals surface area contributed by atoms with Gasteiger partial charge in [0.05, 0.1) is 0 Å². The summed E-state index contributed by atoms with van der Waals surface area (Å²) in [5.41, 5.74) is 4.70. The predicted octanol–water partition coefficient (Wildman–Crippen LogP) is 3.91. The highest BCUT2D eigenvalue weighted by Gasteiger charge is 2.05. The van der Waals surface area contributed by atoms with Crippen LogP contribution in [0.3, 0.4) is 0 Å². The predicted molar refractivity (Wildman–Crippen MR) is 74.0 cm³/mol. The maximum Gasteiger partial charge on any atom is 0.123 e. The SMILES string of the molecule is CCNCc1ccc(C)cc1-c1ccc(F)cc1. The molecule has 0 spiro atoms. The zero-order chi connectivity index (χ0) is 13.0. The van der Waals surface area contributed by atoms with Crippen molar-refractivity contribution in [2.75, 3.05) is 6.54 Å². The van der Waals surface area contributed by atoms with Gasteiger partial charge in [-0.1, -0.05) is 42.8 Å². The van der Waals surface area contributed by atoms with E-state index < -0.39 is 0 Å². The average Bonchev–Trinajstić information content (AvgIpc) is 2.38. The highest BCUT2D eigenvalue weighted by atomic mass is 19.1. The lowest BCUT2D eigenvalue weighted by Crippen LogP contribution is -2.12. The number of halogens is 1. The molecule has 2 rings (SSSR count). The first kappa shape index (κ1) is 12.8. The van der Waals surface area contributed by atoms with Crippen LogP contribution in [0.25, 0.3) is 11.1 Å². The Morgan fingerprint density at radius 3 is 2.44 bits per heavy atom. The van der Waals surface area contributed by atoms with E-state index in [4.69, 9.17) is 0 Å². The fraction of sp³-hybridized carbons (Fsp3) is 0.250. The van der Waals surface area contributed by atoms with E-state index >= 15 is 0 Å². The molecule has 18 heavy (non-hydrogen) atoms. The second-order valence-electron chi connectivity index (χ2n) is 4.45. The first-order valence-electron chi connectivity index (χ1n) is 6.27. The van der Waals surface area contributed by atoms with Gasteiger partial charge in [-0.15, -0.1) is 0 Å². The van der Waals surface area contributed by atoms with E-state index in [1.54, 1.807) is 0 Å². The number of hydrogen-bond acceptors (Lipinski definition) is 1. The van der Waals surface area contributed by atoms with Gasteiger partial charge in [0.15, 0.2) is 0 Å². The van der Waals surface area contributed by atoms with Crippen LogP contribution in [0.1, 0.15) is 18.1 Å². The summed E-state index contributed by atoms with van der Waals surface area (Å²) in [5.74, 6) is -0.195. The van der Waals surface area contributed by atoms with E-state index in [-0.39, 0.29) is 5.82 Å². The molecule has 0 unspecified atom stereocenters. The first-order valence-corrected chi connectivity index (χ1v) is 6.27. The van der Waals surface area contributed by atoms with Gasteiger partial charge in [-0.05, 0) is 42.3 Å². The molecule has 0 saturated carbocycles. The smallest absolute Gasteiger partial charge is 0.123 e. The van der Waals surface area contributed by atoms with Gasteiger partial charge in [0.2, 0.25) is 0 Å². The highest BCUT2D eigenvalue weighted by molar-refractivity contribution is 5.68. The van der Waals surface area contributed by atoms with Crippen molar-refractivity contribution < 1.29 is 4.39 Å². The minimum Gasteiger partial charge on any atom is -0.313 e. The van der Waals surface area contributed by atoms with Crippen molar-refractivity contribution in [3.05, 3.63) is 59.4 Å². The fourth-order valence-corrected chi connectivity index (χ4v) is 2.00. The highest BCUT2D eigenvalue weighted by Crippen LogP contribution is 2.25. The minimum absolute atomic E-state index is 0.195. The Hall–Kier alpha value is -1.67. The number of hydrogen-bond donors (Lipinski definition) is 1. The van der Waals surface area contributed by atoms with Gasteiger partial charge in [0.1, 0.15) is 5.82 Å². The summed E-state index contributed by atoms with van der Waals surface area (Å²) in [6.45, 7) is 5.94. The Kier molecular flexibility index (Phi) is 4.11. The van der Waals surface area contributed by atoms with Crippen molar-refractivity contribution in [2.24, 2.45) is 0 Å². The Balaban J connectivity index is 2.40. The van der Waals surface area contributed by atoms with E-state index in [0.29, 0.717) is 0 Å². The third kappa shape index (κ3) is 2.96. The summed E-state index contributed by atoms with van der Waals surface area (Å²) < 4.78 is 13.0. The topological polar surface area (TPSA) is 12.0 Å². The standard InChI is InChI=1S/C16H18FN/c1-3-18-11-14-5-4-12(2)10-16(14)13-6-8-15(17)9-7-13/h4-10,18H,3,11H2,1-2H3. The van der Waals surface area contributed by atoms with E-state index in [1.165, 1.54) is 28.8 Å². The maximum absolute atomic E-state index is 13.0. The van der Waals surface area contributed by atoms with E-state index in [1.807, 2.05) is 12.1 Å². The maximum atomic E-state index is 13.0. The molecule has 2 aromatic carbocycles. The summed E-state index contributed by atoms with van der Waals surface area (Å²) in [6, 6.07) is 13.1. The van der Waals surface area contributed by atoms with Gasteiger partial charge in [-0.3, -0.25) is 0 Å². The van der Waals surface area contributed by atoms with Crippen LogP contribution in [-0.2, 0) is 6.54 Å². The zero-order valence-corrected chi connectivity index (χ0v) is 10.8.